The maximum atomic E-state index is 11.8. The van der Waals surface area contributed by atoms with Gasteiger partial charge < -0.3 is 8.98 Å². The number of para-hydroxylation sites is 1. The maximum absolute atomic E-state index is 11.8. The second kappa shape index (κ2) is 5.76. The fraction of sp³-hybridized carbons (Fsp3) is 0.0667. The van der Waals surface area contributed by atoms with Gasteiger partial charge in [0.1, 0.15) is 4.92 Å². The predicted molar refractivity (Wildman–Crippen MR) is 83.3 cm³/mol. The van der Waals surface area contributed by atoms with Gasteiger partial charge in [-0.25, -0.2) is 5.43 Å². The van der Waals surface area contributed by atoms with E-state index < -0.39 is 16.7 Å². The van der Waals surface area contributed by atoms with Crippen LogP contribution in [0.1, 0.15) is 16.1 Å². The van der Waals surface area contributed by atoms with Gasteiger partial charge in [0.05, 0.1) is 12.3 Å². The molecule has 2 heterocycles. The third kappa shape index (κ3) is 2.82. The number of hydrogen-bond donors (Lipinski definition) is 1. The van der Waals surface area contributed by atoms with Crippen LogP contribution in [0.5, 0.6) is 0 Å². The van der Waals surface area contributed by atoms with Crippen LogP contribution < -0.4 is 5.43 Å². The van der Waals surface area contributed by atoms with E-state index in [4.69, 9.17) is 4.42 Å². The number of aryl methyl sites for hydroxylation is 1. The van der Waals surface area contributed by atoms with Gasteiger partial charge in [0.2, 0.25) is 5.76 Å². The SMILES string of the molecule is Cn1cc(C=NNC(=O)c2ccc([N+](=O)[O-])o2)c2ccccc21. The van der Waals surface area contributed by atoms with Gasteiger partial charge in [0, 0.05) is 29.7 Å². The zero-order valence-corrected chi connectivity index (χ0v) is 12.1. The van der Waals surface area contributed by atoms with E-state index in [0.717, 1.165) is 22.5 Å². The summed E-state index contributed by atoms with van der Waals surface area (Å²) in [5.41, 5.74) is 4.16. The van der Waals surface area contributed by atoms with Gasteiger partial charge in [-0.3, -0.25) is 14.9 Å². The van der Waals surface area contributed by atoms with Crippen molar-refractivity contribution in [2.75, 3.05) is 0 Å². The number of carbonyl (C=O) groups excluding carboxylic acids is 1. The van der Waals surface area contributed by atoms with E-state index in [0.29, 0.717) is 0 Å². The molecule has 116 valence electrons. The number of hydrogen-bond acceptors (Lipinski definition) is 5. The highest BCUT2D eigenvalue weighted by Crippen LogP contribution is 2.18. The molecule has 3 aromatic rings. The van der Waals surface area contributed by atoms with Crippen LogP contribution in [0.3, 0.4) is 0 Å². The second-order valence-electron chi connectivity index (χ2n) is 4.81. The van der Waals surface area contributed by atoms with Gasteiger partial charge in [0.25, 0.3) is 0 Å². The summed E-state index contributed by atoms with van der Waals surface area (Å²) in [6.07, 6.45) is 3.40. The lowest BCUT2D eigenvalue weighted by Gasteiger charge is -1.94. The molecular formula is C15H12N4O4. The summed E-state index contributed by atoms with van der Waals surface area (Å²) in [5.74, 6) is -1.32. The summed E-state index contributed by atoms with van der Waals surface area (Å²) in [6, 6.07) is 10.1. The monoisotopic (exact) mass is 312 g/mol. The van der Waals surface area contributed by atoms with E-state index in [-0.39, 0.29) is 5.76 Å². The van der Waals surface area contributed by atoms with Crippen LogP contribution in [-0.4, -0.2) is 21.6 Å². The minimum Gasteiger partial charge on any atom is -0.395 e. The van der Waals surface area contributed by atoms with Crippen LogP contribution in [0.15, 0.2) is 52.1 Å². The van der Waals surface area contributed by atoms with Gasteiger partial charge >= 0.3 is 11.8 Å². The molecule has 1 aromatic carbocycles. The molecule has 8 nitrogen and oxygen atoms in total. The third-order valence-corrected chi connectivity index (χ3v) is 3.29. The molecule has 0 bridgehead atoms. The molecule has 0 radical (unpaired) electrons. The number of rotatable bonds is 4. The van der Waals surface area contributed by atoms with Gasteiger partial charge in [0.15, 0.2) is 0 Å². The van der Waals surface area contributed by atoms with Crippen molar-refractivity contribution in [2.24, 2.45) is 12.1 Å². The number of nitrogens with zero attached hydrogens (tertiary/aromatic N) is 3. The van der Waals surface area contributed by atoms with Crippen LogP contribution in [-0.2, 0) is 7.05 Å². The van der Waals surface area contributed by atoms with Crippen LogP contribution in [0.4, 0.5) is 5.88 Å². The average molecular weight is 312 g/mol. The standard InChI is InChI=1S/C15H12N4O4/c1-18-9-10(11-4-2-3-5-12(11)18)8-16-17-15(20)13-6-7-14(23-13)19(21)22/h2-9H,1H3,(H,17,20). The van der Waals surface area contributed by atoms with E-state index in [2.05, 4.69) is 10.5 Å². The summed E-state index contributed by atoms with van der Waals surface area (Å²) < 4.78 is 6.75. The second-order valence-corrected chi connectivity index (χ2v) is 4.81. The Labute approximate surface area is 130 Å². The first kappa shape index (κ1) is 14.5. The number of benzene rings is 1. The minimum absolute atomic E-state index is 0.174. The van der Waals surface area contributed by atoms with E-state index in [1.807, 2.05) is 42.1 Å². The molecule has 0 aliphatic carbocycles. The highest BCUT2D eigenvalue weighted by Gasteiger charge is 2.16. The number of fused-ring (bicyclic) bond motifs is 1. The number of amides is 1. The Hall–Kier alpha value is -3.42. The minimum atomic E-state index is -0.712. The average Bonchev–Trinajstić information content (AvgIpc) is 3.14. The van der Waals surface area contributed by atoms with Crippen molar-refractivity contribution in [1.82, 2.24) is 9.99 Å². The first-order chi connectivity index (χ1) is 11.1. The number of furan rings is 1. The third-order valence-electron chi connectivity index (χ3n) is 3.29. The van der Waals surface area contributed by atoms with Crippen molar-refractivity contribution in [3.63, 3.8) is 0 Å². The van der Waals surface area contributed by atoms with E-state index in [9.17, 15) is 14.9 Å². The summed E-state index contributed by atoms with van der Waals surface area (Å²) in [5, 5.41) is 15.4. The van der Waals surface area contributed by atoms with Crippen LogP contribution in [0.2, 0.25) is 0 Å². The van der Waals surface area contributed by atoms with Crippen molar-refractivity contribution < 1.29 is 14.1 Å². The number of nitro groups is 1. The molecule has 0 saturated carbocycles. The number of hydrazone groups is 1. The molecule has 0 aliphatic heterocycles. The fourth-order valence-electron chi connectivity index (χ4n) is 2.24. The molecule has 1 N–H and O–H groups in total. The topological polar surface area (TPSA) is 103 Å². The first-order valence-electron chi connectivity index (χ1n) is 6.68. The van der Waals surface area contributed by atoms with Crippen LogP contribution in [0.25, 0.3) is 10.9 Å². The number of nitrogens with one attached hydrogen (secondary N) is 1. The van der Waals surface area contributed by atoms with Crippen LogP contribution >= 0.6 is 0 Å². The normalized spacial score (nSPS) is 11.2. The highest BCUT2D eigenvalue weighted by atomic mass is 16.6. The lowest BCUT2D eigenvalue weighted by molar-refractivity contribution is -0.402. The van der Waals surface area contributed by atoms with E-state index in [1.54, 1.807) is 0 Å². The summed E-state index contributed by atoms with van der Waals surface area (Å²) >= 11 is 0. The van der Waals surface area contributed by atoms with Crippen molar-refractivity contribution in [2.45, 2.75) is 0 Å². The molecule has 0 aliphatic rings. The Morgan fingerprint density at radius 3 is 2.87 bits per heavy atom. The molecule has 0 fully saturated rings. The summed E-state index contributed by atoms with van der Waals surface area (Å²) in [7, 11) is 1.92. The quantitative estimate of drug-likeness (QED) is 0.454. The van der Waals surface area contributed by atoms with Crippen molar-refractivity contribution >= 4 is 28.9 Å². The maximum Gasteiger partial charge on any atom is 0.433 e. The molecule has 3 rings (SSSR count). The molecule has 1 amide bonds. The molecule has 0 spiro atoms. The largest absolute Gasteiger partial charge is 0.433 e. The smallest absolute Gasteiger partial charge is 0.395 e. The molecular weight excluding hydrogens is 300 g/mol. The summed E-state index contributed by atoms with van der Waals surface area (Å²) in [4.78, 5) is 21.6. The molecule has 0 atom stereocenters. The molecule has 8 heteroatoms. The Bertz CT molecular complexity index is 923. The van der Waals surface area contributed by atoms with Crippen LogP contribution in [0, 0.1) is 10.1 Å². The molecule has 2 aromatic heterocycles. The molecule has 23 heavy (non-hydrogen) atoms. The van der Waals surface area contributed by atoms with E-state index >= 15 is 0 Å². The number of aromatic nitrogens is 1. The lowest BCUT2D eigenvalue weighted by Crippen LogP contribution is -2.16. The van der Waals surface area contributed by atoms with Crippen molar-refractivity contribution in [1.29, 1.82) is 0 Å². The lowest BCUT2D eigenvalue weighted by atomic mass is 10.2. The Balaban J connectivity index is 1.75. The van der Waals surface area contributed by atoms with Crippen molar-refractivity contribution in [3.8, 4) is 0 Å². The van der Waals surface area contributed by atoms with Gasteiger partial charge in [-0.05, 0) is 12.1 Å². The Morgan fingerprint density at radius 1 is 1.35 bits per heavy atom. The fourth-order valence-corrected chi connectivity index (χ4v) is 2.24. The Morgan fingerprint density at radius 2 is 2.13 bits per heavy atom. The van der Waals surface area contributed by atoms with Gasteiger partial charge in [-0.15, -0.1) is 0 Å². The zero-order chi connectivity index (χ0) is 16.4. The summed E-state index contributed by atoms with van der Waals surface area (Å²) in [6.45, 7) is 0. The highest BCUT2D eigenvalue weighted by molar-refractivity contribution is 6.00. The molecule has 0 saturated heterocycles. The van der Waals surface area contributed by atoms with E-state index in [1.165, 1.54) is 12.3 Å². The first-order valence-corrected chi connectivity index (χ1v) is 6.68. The van der Waals surface area contributed by atoms with Gasteiger partial charge in [-0.1, -0.05) is 18.2 Å². The number of carbonyl (C=O) groups is 1. The van der Waals surface area contributed by atoms with Crippen molar-refractivity contribution in [3.05, 3.63) is 64.0 Å². The molecule has 0 unspecified atom stereocenters. The predicted octanol–water partition coefficient (Wildman–Crippen LogP) is 2.44. The zero-order valence-electron chi connectivity index (χ0n) is 12.1. The van der Waals surface area contributed by atoms with Gasteiger partial charge in [-0.2, -0.15) is 5.10 Å². The Kier molecular flexibility index (Phi) is 3.63.